The van der Waals surface area contributed by atoms with Crippen LogP contribution in [0.15, 0.2) is 36.7 Å². The van der Waals surface area contributed by atoms with Gasteiger partial charge >= 0.3 is 0 Å². The van der Waals surface area contributed by atoms with Crippen molar-refractivity contribution >= 4 is 17.5 Å². The zero-order chi connectivity index (χ0) is 23.4. The molecule has 2 amide bonds. The number of rotatable bonds is 10. The normalized spacial score (nSPS) is 20.6. The summed E-state index contributed by atoms with van der Waals surface area (Å²) in [7, 11) is 5.11. The molecule has 2 heterocycles. The molecule has 0 bridgehead atoms. The van der Waals surface area contributed by atoms with Gasteiger partial charge in [0.25, 0.3) is 0 Å². The van der Waals surface area contributed by atoms with Crippen molar-refractivity contribution in [1.82, 2.24) is 19.6 Å². The van der Waals surface area contributed by atoms with Crippen molar-refractivity contribution in [2.45, 2.75) is 37.9 Å². The second-order valence-corrected chi connectivity index (χ2v) is 9.10. The maximum atomic E-state index is 12.1. The molecule has 2 fully saturated rings. The smallest absolute Gasteiger partial charge is 0.248 e. The topological polar surface area (TPSA) is 88.9 Å². The Balaban J connectivity index is 1.41. The van der Waals surface area contributed by atoms with Crippen LogP contribution in [0.3, 0.4) is 0 Å². The van der Waals surface area contributed by atoms with Crippen molar-refractivity contribution in [3.8, 4) is 5.75 Å². The molecule has 2 atom stereocenters. The van der Waals surface area contributed by atoms with Gasteiger partial charge in [-0.1, -0.05) is 12.1 Å². The van der Waals surface area contributed by atoms with E-state index in [4.69, 9.17) is 9.47 Å². The van der Waals surface area contributed by atoms with Gasteiger partial charge in [-0.05, 0) is 37.0 Å². The third kappa shape index (κ3) is 6.11. The van der Waals surface area contributed by atoms with Crippen LogP contribution in [0.25, 0.3) is 0 Å². The van der Waals surface area contributed by atoms with Crippen molar-refractivity contribution in [2.24, 2.45) is 5.92 Å². The summed E-state index contributed by atoms with van der Waals surface area (Å²) in [6.07, 6.45) is 6.43. The summed E-state index contributed by atoms with van der Waals surface area (Å²) in [5.41, 5.74) is 1.92. The number of anilines is 1. The molecule has 1 aromatic heterocycles. The fraction of sp³-hybridized carbons (Fsp3) is 0.542. The first-order valence-electron chi connectivity index (χ1n) is 11.4. The van der Waals surface area contributed by atoms with E-state index in [0.29, 0.717) is 6.61 Å². The van der Waals surface area contributed by atoms with Crippen LogP contribution in [-0.4, -0.2) is 78.4 Å². The summed E-state index contributed by atoms with van der Waals surface area (Å²) in [6, 6.07) is 8.38. The lowest BCUT2D eigenvalue weighted by molar-refractivity contribution is -0.134. The predicted molar refractivity (Wildman–Crippen MR) is 124 cm³/mol. The maximum Gasteiger partial charge on any atom is 0.248 e. The minimum Gasteiger partial charge on any atom is -0.497 e. The fourth-order valence-corrected chi connectivity index (χ4v) is 4.09. The van der Waals surface area contributed by atoms with Crippen molar-refractivity contribution < 1.29 is 19.1 Å². The molecule has 1 aliphatic carbocycles. The van der Waals surface area contributed by atoms with Gasteiger partial charge in [0, 0.05) is 45.3 Å². The average Bonchev–Trinajstić information content (AvgIpc) is 3.44. The number of methoxy groups -OCH3 is 1. The summed E-state index contributed by atoms with van der Waals surface area (Å²) < 4.78 is 13.0. The number of likely N-dealkylation sites (N-methyl/N-ethyl adjacent to an activating group) is 1. The van der Waals surface area contributed by atoms with Crippen molar-refractivity contribution in [3.05, 3.63) is 42.2 Å². The van der Waals surface area contributed by atoms with Crippen LogP contribution in [0.2, 0.25) is 0 Å². The predicted octanol–water partition coefficient (Wildman–Crippen LogP) is 2.16. The van der Waals surface area contributed by atoms with E-state index in [1.807, 2.05) is 23.0 Å². The van der Waals surface area contributed by atoms with E-state index in [2.05, 4.69) is 27.4 Å². The Morgan fingerprint density at radius 3 is 2.64 bits per heavy atom. The van der Waals surface area contributed by atoms with Crippen molar-refractivity contribution in [2.75, 3.05) is 46.3 Å². The number of ether oxygens (including phenoxy) is 2. The third-order valence-electron chi connectivity index (χ3n) is 6.28. The van der Waals surface area contributed by atoms with Gasteiger partial charge in [0.1, 0.15) is 12.4 Å². The SMILES string of the molecule is COc1ccc(CN2C[C@@H](n3cc(NC(=O)C4CC4)cn3)C[C@H]2COCC(=O)N(C)C)cc1. The number of hydrogen-bond donors (Lipinski definition) is 1. The highest BCUT2D eigenvalue weighted by Gasteiger charge is 2.34. The van der Waals surface area contributed by atoms with Crippen molar-refractivity contribution in [1.29, 1.82) is 0 Å². The van der Waals surface area contributed by atoms with Crippen LogP contribution < -0.4 is 10.1 Å². The molecule has 2 aliphatic rings. The van der Waals surface area contributed by atoms with E-state index in [1.165, 1.54) is 10.5 Å². The highest BCUT2D eigenvalue weighted by molar-refractivity contribution is 5.93. The molecule has 1 N–H and O–H groups in total. The van der Waals surface area contributed by atoms with Gasteiger partial charge in [-0.2, -0.15) is 5.10 Å². The van der Waals surface area contributed by atoms with Gasteiger partial charge in [0.2, 0.25) is 11.8 Å². The molecule has 9 nitrogen and oxygen atoms in total. The molecule has 1 saturated carbocycles. The summed E-state index contributed by atoms with van der Waals surface area (Å²) in [4.78, 5) is 27.9. The number of nitrogens with one attached hydrogen (secondary N) is 1. The van der Waals surface area contributed by atoms with E-state index in [-0.39, 0.29) is 36.4 Å². The highest BCUT2D eigenvalue weighted by Crippen LogP contribution is 2.32. The molecule has 0 spiro atoms. The van der Waals surface area contributed by atoms with Crippen LogP contribution in [0.1, 0.15) is 30.9 Å². The summed E-state index contributed by atoms with van der Waals surface area (Å²) in [5, 5.41) is 7.48. The zero-order valence-electron chi connectivity index (χ0n) is 19.6. The molecular weight excluding hydrogens is 422 g/mol. The first kappa shape index (κ1) is 23.3. The van der Waals surface area contributed by atoms with Gasteiger partial charge in [-0.3, -0.25) is 19.2 Å². The molecule has 2 aromatic rings. The van der Waals surface area contributed by atoms with Gasteiger partial charge in [-0.15, -0.1) is 0 Å². The number of carbonyl (C=O) groups is 2. The van der Waals surface area contributed by atoms with Crippen LogP contribution in [0.4, 0.5) is 5.69 Å². The van der Waals surface area contributed by atoms with E-state index in [1.54, 1.807) is 27.4 Å². The molecule has 1 aromatic carbocycles. The minimum atomic E-state index is -0.0469. The third-order valence-corrected chi connectivity index (χ3v) is 6.28. The molecule has 9 heteroatoms. The average molecular weight is 456 g/mol. The monoisotopic (exact) mass is 455 g/mol. The van der Waals surface area contributed by atoms with Crippen LogP contribution >= 0.6 is 0 Å². The van der Waals surface area contributed by atoms with Gasteiger partial charge in [0.15, 0.2) is 0 Å². The Morgan fingerprint density at radius 1 is 1.21 bits per heavy atom. The highest BCUT2D eigenvalue weighted by atomic mass is 16.5. The zero-order valence-corrected chi connectivity index (χ0v) is 19.6. The Bertz CT molecular complexity index is 954. The second kappa shape index (κ2) is 10.4. The molecule has 0 unspecified atom stereocenters. The van der Waals surface area contributed by atoms with Crippen molar-refractivity contribution in [3.63, 3.8) is 0 Å². The number of aromatic nitrogens is 2. The Hall–Kier alpha value is -2.91. The Kier molecular flexibility index (Phi) is 7.29. The molecule has 1 aliphatic heterocycles. The molecule has 0 radical (unpaired) electrons. The number of carbonyl (C=O) groups excluding carboxylic acids is 2. The number of likely N-dealkylation sites (tertiary alicyclic amines) is 1. The van der Waals surface area contributed by atoms with Gasteiger partial charge < -0.3 is 19.7 Å². The number of nitrogens with zero attached hydrogens (tertiary/aromatic N) is 4. The second-order valence-electron chi connectivity index (χ2n) is 9.10. The maximum absolute atomic E-state index is 12.1. The standard InChI is InChI=1S/C24H33N5O4/c1-27(2)23(30)16-33-15-21-10-20(14-28(21)12-17-4-8-22(32-3)9-5-17)29-13-19(11-25-29)26-24(31)18-6-7-18/h4-5,8-9,11,13,18,20-21H,6-7,10,12,14-16H2,1-3H3,(H,26,31)/t20-,21-/m0/s1. The quantitative estimate of drug-likeness (QED) is 0.591. The lowest BCUT2D eigenvalue weighted by Gasteiger charge is -2.24. The first-order valence-corrected chi connectivity index (χ1v) is 11.4. The number of benzene rings is 1. The lowest BCUT2D eigenvalue weighted by atomic mass is 10.1. The first-order chi connectivity index (χ1) is 15.9. The van der Waals surface area contributed by atoms with Crippen LogP contribution in [0, 0.1) is 5.92 Å². The Morgan fingerprint density at radius 2 is 1.97 bits per heavy atom. The number of hydrogen-bond acceptors (Lipinski definition) is 6. The molecule has 4 rings (SSSR count). The molecule has 1 saturated heterocycles. The Labute approximate surface area is 194 Å². The minimum absolute atomic E-state index is 0.0469. The summed E-state index contributed by atoms with van der Waals surface area (Å²) in [6.45, 7) is 2.12. The van der Waals surface area contributed by atoms with Crippen LogP contribution in [-0.2, 0) is 20.9 Å². The van der Waals surface area contributed by atoms with Crippen LogP contribution in [0.5, 0.6) is 5.75 Å². The molecule has 178 valence electrons. The van der Waals surface area contributed by atoms with E-state index in [9.17, 15) is 9.59 Å². The summed E-state index contributed by atoms with van der Waals surface area (Å²) >= 11 is 0. The van der Waals surface area contributed by atoms with E-state index < -0.39 is 0 Å². The fourth-order valence-electron chi connectivity index (χ4n) is 4.09. The van der Waals surface area contributed by atoms with E-state index >= 15 is 0 Å². The number of amides is 2. The summed E-state index contributed by atoms with van der Waals surface area (Å²) in [5.74, 6) is 1.02. The van der Waals surface area contributed by atoms with Gasteiger partial charge in [-0.25, -0.2) is 0 Å². The van der Waals surface area contributed by atoms with Gasteiger partial charge in [0.05, 0.1) is 31.6 Å². The lowest BCUT2D eigenvalue weighted by Crippen LogP contribution is -2.34. The van der Waals surface area contributed by atoms with E-state index in [0.717, 1.165) is 43.8 Å². The molecular formula is C24H33N5O4. The largest absolute Gasteiger partial charge is 0.497 e. The molecule has 33 heavy (non-hydrogen) atoms.